The zero-order valence-electron chi connectivity index (χ0n) is 14.6. The average molecular weight is 343 g/mol. The van der Waals surface area contributed by atoms with E-state index in [0.717, 1.165) is 30.8 Å². The van der Waals surface area contributed by atoms with Crippen molar-refractivity contribution < 1.29 is 9.53 Å². The molecule has 1 aliphatic rings. The van der Waals surface area contributed by atoms with Gasteiger partial charge >= 0.3 is 0 Å². The SMILES string of the molecule is O=C(c1cccc(OCCc2ccccc2)c1)N1CCc2ccccc21. The molecule has 0 atom stereocenters. The molecule has 1 heterocycles. The van der Waals surface area contributed by atoms with E-state index in [1.165, 1.54) is 11.1 Å². The van der Waals surface area contributed by atoms with E-state index in [9.17, 15) is 4.79 Å². The van der Waals surface area contributed by atoms with Crippen molar-refractivity contribution >= 4 is 11.6 Å². The molecule has 3 aromatic rings. The summed E-state index contributed by atoms with van der Waals surface area (Å²) in [5.74, 6) is 0.766. The third-order valence-corrected chi connectivity index (χ3v) is 4.72. The highest BCUT2D eigenvalue weighted by atomic mass is 16.5. The highest BCUT2D eigenvalue weighted by Gasteiger charge is 2.25. The summed E-state index contributed by atoms with van der Waals surface area (Å²) in [6, 6.07) is 25.8. The van der Waals surface area contributed by atoms with Crippen LogP contribution in [0.1, 0.15) is 21.5 Å². The van der Waals surface area contributed by atoms with E-state index in [-0.39, 0.29) is 5.91 Å². The van der Waals surface area contributed by atoms with Crippen LogP contribution in [0.25, 0.3) is 0 Å². The predicted molar refractivity (Wildman–Crippen MR) is 104 cm³/mol. The largest absolute Gasteiger partial charge is 0.493 e. The van der Waals surface area contributed by atoms with Crippen LogP contribution in [-0.2, 0) is 12.8 Å². The molecule has 130 valence electrons. The summed E-state index contributed by atoms with van der Waals surface area (Å²) in [6.07, 6.45) is 1.76. The number of carbonyl (C=O) groups is 1. The maximum atomic E-state index is 12.9. The molecule has 0 N–H and O–H groups in total. The van der Waals surface area contributed by atoms with Crippen LogP contribution >= 0.6 is 0 Å². The molecule has 0 aliphatic carbocycles. The zero-order chi connectivity index (χ0) is 17.8. The van der Waals surface area contributed by atoms with Gasteiger partial charge in [-0.05, 0) is 41.8 Å². The van der Waals surface area contributed by atoms with E-state index in [1.54, 1.807) is 0 Å². The molecule has 3 aromatic carbocycles. The van der Waals surface area contributed by atoms with E-state index in [1.807, 2.05) is 65.6 Å². The van der Waals surface area contributed by atoms with Gasteiger partial charge in [0.05, 0.1) is 6.61 Å². The molecule has 0 saturated carbocycles. The minimum atomic E-state index is 0.0310. The van der Waals surface area contributed by atoms with E-state index in [4.69, 9.17) is 4.74 Å². The molecule has 0 unspecified atom stereocenters. The summed E-state index contributed by atoms with van der Waals surface area (Å²) in [4.78, 5) is 14.8. The van der Waals surface area contributed by atoms with E-state index in [0.29, 0.717) is 12.2 Å². The lowest BCUT2D eigenvalue weighted by Crippen LogP contribution is -2.28. The topological polar surface area (TPSA) is 29.5 Å². The number of ether oxygens (including phenoxy) is 1. The van der Waals surface area contributed by atoms with Crippen molar-refractivity contribution in [3.05, 3.63) is 95.6 Å². The first-order valence-electron chi connectivity index (χ1n) is 8.98. The van der Waals surface area contributed by atoms with Gasteiger partial charge in [-0.3, -0.25) is 4.79 Å². The van der Waals surface area contributed by atoms with Crippen LogP contribution in [0.4, 0.5) is 5.69 Å². The minimum Gasteiger partial charge on any atom is -0.493 e. The van der Waals surface area contributed by atoms with Crippen LogP contribution in [0.5, 0.6) is 5.75 Å². The van der Waals surface area contributed by atoms with Crippen molar-refractivity contribution in [2.75, 3.05) is 18.1 Å². The minimum absolute atomic E-state index is 0.0310. The summed E-state index contributed by atoms with van der Waals surface area (Å²) < 4.78 is 5.86. The molecule has 0 radical (unpaired) electrons. The van der Waals surface area contributed by atoms with Crippen LogP contribution in [0.15, 0.2) is 78.9 Å². The zero-order valence-corrected chi connectivity index (χ0v) is 14.6. The number of hydrogen-bond acceptors (Lipinski definition) is 2. The molecule has 3 nitrogen and oxygen atoms in total. The van der Waals surface area contributed by atoms with E-state index in [2.05, 4.69) is 18.2 Å². The Morgan fingerprint density at radius 1 is 0.923 bits per heavy atom. The van der Waals surface area contributed by atoms with Gasteiger partial charge in [0.15, 0.2) is 0 Å². The average Bonchev–Trinajstić information content (AvgIpc) is 3.13. The molecule has 1 amide bonds. The Morgan fingerprint density at radius 3 is 2.62 bits per heavy atom. The van der Waals surface area contributed by atoms with Gasteiger partial charge in [0.25, 0.3) is 5.91 Å². The lowest BCUT2D eigenvalue weighted by molar-refractivity contribution is 0.0989. The number of amides is 1. The second-order valence-corrected chi connectivity index (χ2v) is 6.45. The Bertz CT molecular complexity index is 905. The number of fused-ring (bicyclic) bond motifs is 1. The van der Waals surface area contributed by atoms with Crippen LogP contribution in [0.3, 0.4) is 0 Å². The standard InChI is InChI=1S/C23H21NO2/c25-23(24-15-13-19-9-4-5-12-22(19)24)20-10-6-11-21(17-20)26-16-14-18-7-2-1-3-8-18/h1-12,17H,13-16H2. The summed E-state index contributed by atoms with van der Waals surface area (Å²) in [5, 5.41) is 0. The third kappa shape index (κ3) is 3.47. The lowest BCUT2D eigenvalue weighted by atomic mass is 10.1. The summed E-state index contributed by atoms with van der Waals surface area (Å²) >= 11 is 0. The third-order valence-electron chi connectivity index (χ3n) is 4.72. The number of benzene rings is 3. The molecule has 3 heteroatoms. The van der Waals surface area contributed by atoms with Gasteiger partial charge in [0.1, 0.15) is 5.75 Å². The van der Waals surface area contributed by atoms with Crippen molar-refractivity contribution in [2.45, 2.75) is 12.8 Å². The molecule has 4 rings (SSSR count). The molecule has 0 bridgehead atoms. The molecule has 1 aliphatic heterocycles. The van der Waals surface area contributed by atoms with Crippen molar-refractivity contribution in [1.29, 1.82) is 0 Å². The Balaban J connectivity index is 1.43. The number of anilines is 1. The number of para-hydroxylation sites is 1. The lowest BCUT2D eigenvalue weighted by Gasteiger charge is -2.18. The van der Waals surface area contributed by atoms with Crippen molar-refractivity contribution in [3.8, 4) is 5.75 Å². The van der Waals surface area contributed by atoms with Gasteiger partial charge in [-0.15, -0.1) is 0 Å². The number of nitrogens with zero attached hydrogens (tertiary/aromatic N) is 1. The van der Waals surface area contributed by atoms with Crippen LogP contribution in [-0.4, -0.2) is 19.1 Å². The predicted octanol–water partition coefficient (Wildman–Crippen LogP) is 4.51. The summed E-state index contributed by atoms with van der Waals surface area (Å²) in [7, 11) is 0. The van der Waals surface area contributed by atoms with Gasteiger partial charge < -0.3 is 9.64 Å². The quantitative estimate of drug-likeness (QED) is 0.682. The van der Waals surface area contributed by atoms with Crippen molar-refractivity contribution in [2.24, 2.45) is 0 Å². The normalized spacial score (nSPS) is 12.7. The van der Waals surface area contributed by atoms with E-state index >= 15 is 0 Å². The molecule has 0 fully saturated rings. The smallest absolute Gasteiger partial charge is 0.258 e. The highest BCUT2D eigenvalue weighted by molar-refractivity contribution is 6.07. The second kappa shape index (κ2) is 7.44. The molecule has 0 saturated heterocycles. The Kier molecular flexibility index (Phi) is 4.69. The Hall–Kier alpha value is -3.07. The first-order valence-corrected chi connectivity index (χ1v) is 8.98. The first kappa shape index (κ1) is 16.4. The first-order chi connectivity index (χ1) is 12.8. The summed E-state index contributed by atoms with van der Waals surface area (Å²) in [6.45, 7) is 1.32. The fraction of sp³-hybridized carbons (Fsp3) is 0.174. The van der Waals surface area contributed by atoms with Crippen LogP contribution in [0.2, 0.25) is 0 Å². The number of rotatable bonds is 5. The fourth-order valence-electron chi connectivity index (χ4n) is 3.36. The van der Waals surface area contributed by atoms with Gasteiger partial charge in [-0.1, -0.05) is 54.6 Å². The number of carbonyl (C=O) groups excluding carboxylic acids is 1. The highest BCUT2D eigenvalue weighted by Crippen LogP contribution is 2.29. The Labute approximate surface area is 153 Å². The van der Waals surface area contributed by atoms with Crippen molar-refractivity contribution in [1.82, 2.24) is 0 Å². The fourth-order valence-corrected chi connectivity index (χ4v) is 3.36. The van der Waals surface area contributed by atoms with Crippen LogP contribution in [0, 0.1) is 0 Å². The molecular formula is C23H21NO2. The van der Waals surface area contributed by atoms with Crippen molar-refractivity contribution in [3.63, 3.8) is 0 Å². The summed E-state index contributed by atoms with van der Waals surface area (Å²) in [5.41, 5.74) is 4.16. The van der Waals surface area contributed by atoms with Gasteiger partial charge in [0.2, 0.25) is 0 Å². The molecule has 26 heavy (non-hydrogen) atoms. The monoisotopic (exact) mass is 343 g/mol. The maximum absolute atomic E-state index is 12.9. The van der Waals surface area contributed by atoms with Crippen LogP contribution < -0.4 is 9.64 Å². The van der Waals surface area contributed by atoms with E-state index < -0.39 is 0 Å². The maximum Gasteiger partial charge on any atom is 0.258 e. The molecule has 0 aromatic heterocycles. The number of hydrogen-bond donors (Lipinski definition) is 0. The van der Waals surface area contributed by atoms with Gasteiger partial charge in [-0.25, -0.2) is 0 Å². The Morgan fingerprint density at radius 2 is 1.73 bits per heavy atom. The van der Waals surface area contributed by atoms with Gasteiger partial charge in [-0.2, -0.15) is 0 Å². The van der Waals surface area contributed by atoms with Gasteiger partial charge in [0, 0.05) is 24.2 Å². The molecular weight excluding hydrogens is 322 g/mol. The molecule has 0 spiro atoms. The second-order valence-electron chi connectivity index (χ2n) is 6.45.